The number of thioether (sulfide) groups is 1. The molecule has 1 heterocycles. The largest absolute Gasteiger partial charge is 0.416 e. The molecule has 0 spiro atoms. The van der Waals surface area contributed by atoms with Crippen LogP contribution in [0.2, 0.25) is 0 Å². The number of nitrogens with one attached hydrogen (secondary N) is 1. The first-order valence-electron chi connectivity index (χ1n) is 5.28. The van der Waals surface area contributed by atoms with E-state index in [0.29, 0.717) is 11.7 Å². The summed E-state index contributed by atoms with van der Waals surface area (Å²) in [6.45, 7) is 0. The van der Waals surface area contributed by atoms with E-state index in [-0.39, 0.29) is 5.69 Å². The topological polar surface area (TPSA) is 38.0 Å². The van der Waals surface area contributed by atoms with Gasteiger partial charge in [-0.15, -0.1) is 0 Å². The Morgan fingerprint density at radius 2 is 2.12 bits per heavy atom. The number of nitrogen functional groups attached to an aromatic ring is 1. The number of hydrogen-bond acceptors (Lipinski definition) is 3. The molecule has 1 aromatic carbocycles. The fraction of sp³-hybridized carbons (Fsp3) is 0.455. The van der Waals surface area contributed by atoms with Gasteiger partial charge in [-0.2, -0.15) is 24.9 Å². The first-order valence-corrected chi connectivity index (χ1v) is 6.43. The molecule has 0 bridgehead atoms. The van der Waals surface area contributed by atoms with Crippen molar-refractivity contribution < 1.29 is 13.2 Å². The Hall–Kier alpha value is -1.04. The second kappa shape index (κ2) is 4.68. The molecule has 1 fully saturated rings. The maximum Gasteiger partial charge on any atom is 0.416 e. The van der Waals surface area contributed by atoms with Crippen LogP contribution in [0.4, 0.5) is 24.5 Å². The van der Waals surface area contributed by atoms with E-state index in [4.69, 9.17) is 5.73 Å². The van der Waals surface area contributed by atoms with Crippen LogP contribution < -0.4 is 11.1 Å². The fourth-order valence-corrected chi connectivity index (χ4v) is 2.89. The lowest BCUT2D eigenvalue weighted by Crippen LogP contribution is -2.19. The van der Waals surface area contributed by atoms with Crippen molar-refractivity contribution in [2.75, 3.05) is 22.6 Å². The molecule has 0 aromatic heterocycles. The van der Waals surface area contributed by atoms with Crippen molar-refractivity contribution in [1.82, 2.24) is 0 Å². The Bertz CT molecular complexity index is 400. The van der Waals surface area contributed by atoms with E-state index < -0.39 is 11.7 Å². The van der Waals surface area contributed by atoms with Crippen LogP contribution in [-0.2, 0) is 6.18 Å². The van der Waals surface area contributed by atoms with Gasteiger partial charge in [-0.25, -0.2) is 0 Å². The second-order valence-corrected chi connectivity index (χ2v) is 5.15. The quantitative estimate of drug-likeness (QED) is 0.804. The highest BCUT2D eigenvalue weighted by Gasteiger charge is 2.31. The van der Waals surface area contributed by atoms with E-state index >= 15 is 0 Å². The summed E-state index contributed by atoms with van der Waals surface area (Å²) in [4.78, 5) is 0. The van der Waals surface area contributed by atoms with Gasteiger partial charge < -0.3 is 11.1 Å². The summed E-state index contributed by atoms with van der Waals surface area (Å²) >= 11 is 1.83. The molecule has 0 radical (unpaired) electrons. The maximum absolute atomic E-state index is 12.4. The molecule has 0 saturated carbocycles. The molecule has 1 unspecified atom stereocenters. The van der Waals surface area contributed by atoms with Crippen molar-refractivity contribution in [1.29, 1.82) is 0 Å². The molecule has 2 nitrogen and oxygen atoms in total. The van der Waals surface area contributed by atoms with Crippen molar-refractivity contribution in [2.24, 2.45) is 0 Å². The third-order valence-corrected chi connectivity index (χ3v) is 3.83. The average Bonchev–Trinajstić information content (AvgIpc) is 2.72. The van der Waals surface area contributed by atoms with Gasteiger partial charge in [-0.3, -0.25) is 0 Å². The lowest BCUT2D eigenvalue weighted by atomic mass is 10.1. The second-order valence-electron chi connectivity index (χ2n) is 4.00. The summed E-state index contributed by atoms with van der Waals surface area (Å²) in [5.41, 5.74) is 5.66. The summed E-state index contributed by atoms with van der Waals surface area (Å²) < 4.78 is 37.3. The third kappa shape index (κ3) is 3.00. The van der Waals surface area contributed by atoms with Gasteiger partial charge in [0.05, 0.1) is 16.9 Å². The summed E-state index contributed by atoms with van der Waals surface area (Å²) in [5.74, 6) is 2.05. The Balaban J connectivity index is 2.14. The number of halogens is 3. The molecule has 1 aliphatic rings. The van der Waals surface area contributed by atoms with Gasteiger partial charge in [0.2, 0.25) is 0 Å². The Labute approximate surface area is 102 Å². The lowest BCUT2D eigenvalue weighted by Gasteiger charge is -2.16. The molecule has 0 aliphatic carbocycles. The molecule has 6 heteroatoms. The van der Waals surface area contributed by atoms with Crippen LogP contribution in [0.25, 0.3) is 0 Å². The zero-order valence-corrected chi connectivity index (χ0v) is 9.87. The average molecular weight is 262 g/mol. The van der Waals surface area contributed by atoms with E-state index in [0.717, 1.165) is 30.1 Å². The maximum atomic E-state index is 12.4. The van der Waals surface area contributed by atoms with Crippen molar-refractivity contribution in [2.45, 2.75) is 18.6 Å². The van der Waals surface area contributed by atoms with Crippen molar-refractivity contribution in [3.8, 4) is 0 Å². The molecule has 94 valence electrons. The van der Waals surface area contributed by atoms with E-state index in [1.54, 1.807) is 0 Å². The number of nitrogens with two attached hydrogens (primary N) is 1. The summed E-state index contributed by atoms with van der Waals surface area (Å²) in [5, 5.41) is 3.17. The number of anilines is 2. The van der Waals surface area contributed by atoms with Gasteiger partial charge in [0.25, 0.3) is 0 Å². The van der Waals surface area contributed by atoms with Crippen LogP contribution in [0.15, 0.2) is 18.2 Å². The number of benzene rings is 1. The fourth-order valence-electron chi connectivity index (χ4n) is 1.74. The molecule has 1 aliphatic heterocycles. The van der Waals surface area contributed by atoms with Gasteiger partial charge in [0.15, 0.2) is 0 Å². The van der Waals surface area contributed by atoms with E-state index in [2.05, 4.69) is 5.32 Å². The van der Waals surface area contributed by atoms with Crippen LogP contribution in [0, 0.1) is 0 Å². The molecule has 1 saturated heterocycles. The smallest absolute Gasteiger partial charge is 0.397 e. The summed E-state index contributed by atoms with van der Waals surface area (Å²) in [7, 11) is 0. The third-order valence-electron chi connectivity index (χ3n) is 2.67. The molecule has 1 atom stereocenters. The molecule has 0 amide bonds. The minimum atomic E-state index is -4.34. The van der Waals surface area contributed by atoms with Gasteiger partial charge in [0, 0.05) is 11.8 Å². The van der Waals surface area contributed by atoms with Gasteiger partial charge in [-0.05, 0) is 30.4 Å². The number of alkyl halides is 3. The highest BCUT2D eigenvalue weighted by atomic mass is 32.2. The predicted octanol–water partition coefficient (Wildman–Crippen LogP) is 3.21. The van der Waals surface area contributed by atoms with Crippen molar-refractivity contribution >= 4 is 23.1 Å². The molecule has 1 aromatic rings. The minimum absolute atomic E-state index is 0.150. The SMILES string of the molecule is Nc1cc(C(F)(F)F)ccc1NC1CCSC1. The molecular formula is C11H13F3N2S. The van der Waals surface area contributed by atoms with E-state index in [1.165, 1.54) is 6.07 Å². The van der Waals surface area contributed by atoms with E-state index in [9.17, 15) is 13.2 Å². The predicted molar refractivity (Wildman–Crippen MR) is 65.2 cm³/mol. The molecule has 17 heavy (non-hydrogen) atoms. The summed E-state index contributed by atoms with van der Waals surface area (Å²) in [6, 6.07) is 3.74. The Morgan fingerprint density at radius 3 is 2.65 bits per heavy atom. The van der Waals surface area contributed by atoms with Gasteiger partial charge in [-0.1, -0.05) is 0 Å². The van der Waals surface area contributed by atoms with Crippen LogP contribution in [0.5, 0.6) is 0 Å². The van der Waals surface area contributed by atoms with Gasteiger partial charge in [0.1, 0.15) is 0 Å². The monoisotopic (exact) mass is 262 g/mol. The number of hydrogen-bond donors (Lipinski definition) is 2. The Kier molecular flexibility index (Phi) is 3.42. The van der Waals surface area contributed by atoms with Crippen LogP contribution in [0.1, 0.15) is 12.0 Å². The highest BCUT2D eigenvalue weighted by molar-refractivity contribution is 7.99. The normalized spacial score (nSPS) is 20.5. The highest BCUT2D eigenvalue weighted by Crippen LogP contribution is 2.33. The zero-order valence-electron chi connectivity index (χ0n) is 9.05. The first-order chi connectivity index (χ1) is 7.97. The van der Waals surface area contributed by atoms with Gasteiger partial charge >= 0.3 is 6.18 Å². The summed E-state index contributed by atoms with van der Waals surface area (Å²) in [6.07, 6.45) is -3.32. The first kappa shape index (κ1) is 12.4. The van der Waals surface area contributed by atoms with Crippen LogP contribution in [0.3, 0.4) is 0 Å². The molecule has 2 rings (SSSR count). The Morgan fingerprint density at radius 1 is 1.35 bits per heavy atom. The minimum Gasteiger partial charge on any atom is -0.397 e. The van der Waals surface area contributed by atoms with Crippen LogP contribution >= 0.6 is 11.8 Å². The van der Waals surface area contributed by atoms with Crippen molar-refractivity contribution in [3.63, 3.8) is 0 Å². The molecular weight excluding hydrogens is 249 g/mol. The van der Waals surface area contributed by atoms with E-state index in [1.807, 2.05) is 11.8 Å². The standard InChI is InChI=1S/C11H13F3N2S/c12-11(13,14)7-1-2-10(9(15)5-7)16-8-3-4-17-6-8/h1-2,5,8,16H,3-4,6,15H2. The number of rotatable bonds is 2. The lowest BCUT2D eigenvalue weighted by molar-refractivity contribution is -0.137. The zero-order chi connectivity index (χ0) is 12.5. The molecule has 3 N–H and O–H groups in total. The van der Waals surface area contributed by atoms with Crippen molar-refractivity contribution in [3.05, 3.63) is 23.8 Å². The van der Waals surface area contributed by atoms with Crippen LogP contribution in [-0.4, -0.2) is 17.5 Å².